The molecule has 0 saturated heterocycles. The van der Waals surface area contributed by atoms with E-state index in [1.807, 2.05) is 50.2 Å². The molecule has 0 fully saturated rings. The molecule has 8 nitrogen and oxygen atoms in total. The number of carbonyl (C=O) groups is 1. The number of para-hydroxylation sites is 2. The average Bonchev–Trinajstić information content (AvgIpc) is 3.33. The first kappa shape index (κ1) is 19.3. The lowest BCUT2D eigenvalue weighted by Crippen LogP contribution is -2.14. The zero-order valence-corrected chi connectivity index (χ0v) is 17.5. The predicted octanol–water partition coefficient (Wildman–Crippen LogP) is 3.71. The topological polar surface area (TPSA) is 94.8 Å². The molecule has 0 aliphatic rings. The summed E-state index contributed by atoms with van der Waals surface area (Å²) in [6, 6.07) is 13.5. The van der Waals surface area contributed by atoms with Crippen LogP contribution in [0.5, 0.6) is 5.75 Å². The van der Waals surface area contributed by atoms with Crippen LogP contribution in [0.4, 0.5) is 5.13 Å². The average molecular weight is 427 g/mol. The maximum Gasteiger partial charge on any atom is 0.236 e. The molecule has 0 saturated carbocycles. The first-order valence-corrected chi connectivity index (χ1v) is 10.7. The smallest absolute Gasteiger partial charge is 0.236 e. The summed E-state index contributed by atoms with van der Waals surface area (Å²) in [5.74, 6) is 0.670. The second kappa shape index (κ2) is 8.58. The molecule has 0 spiro atoms. The summed E-state index contributed by atoms with van der Waals surface area (Å²) in [4.78, 5) is 16.9. The van der Waals surface area contributed by atoms with Gasteiger partial charge < -0.3 is 10.1 Å². The van der Waals surface area contributed by atoms with E-state index in [9.17, 15) is 4.79 Å². The molecule has 0 bridgehead atoms. The molecule has 29 heavy (non-hydrogen) atoms. The Labute approximate surface area is 175 Å². The summed E-state index contributed by atoms with van der Waals surface area (Å²) >= 11 is 2.70. The highest BCUT2D eigenvalue weighted by atomic mass is 32.2. The predicted molar refractivity (Wildman–Crippen MR) is 114 cm³/mol. The maximum absolute atomic E-state index is 12.4. The summed E-state index contributed by atoms with van der Waals surface area (Å²) in [5.41, 5.74) is 2.76. The van der Waals surface area contributed by atoms with Gasteiger partial charge >= 0.3 is 0 Å². The number of aromatic nitrogens is 5. The Bertz CT molecular complexity index is 1160. The number of aryl methyl sites for hydroxylation is 1. The SMILES string of the molecule is CCOc1ccccc1-n1nnnc1SCC(=O)Nc1nc2ccc(C)cc2s1. The molecule has 0 unspecified atom stereocenters. The number of fused-ring (bicyclic) bond motifs is 1. The third-order valence-electron chi connectivity index (χ3n) is 3.96. The van der Waals surface area contributed by atoms with Crippen molar-refractivity contribution in [3.05, 3.63) is 48.0 Å². The normalized spacial score (nSPS) is 11.0. The second-order valence-corrected chi connectivity index (χ2v) is 8.07. The Morgan fingerprint density at radius 3 is 3.00 bits per heavy atom. The summed E-state index contributed by atoms with van der Waals surface area (Å²) in [6.07, 6.45) is 0. The number of carbonyl (C=O) groups excluding carboxylic acids is 1. The molecule has 2 aromatic carbocycles. The second-order valence-electron chi connectivity index (χ2n) is 6.10. The van der Waals surface area contributed by atoms with E-state index in [4.69, 9.17) is 4.74 Å². The zero-order valence-electron chi connectivity index (χ0n) is 15.8. The number of hydrogen-bond acceptors (Lipinski definition) is 8. The van der Waals surface area contributed by atoms with Gasteiger partial charge in [0.15, 0.2) is 5.13 Å². The van der Waals surface area contributed by atoms with E-state index in [1.165, 1.54) is 23.1 Å². The van der Waals surface area contributed by atoms with Crippen LogP contribution < -0.4 is 10.1 Å². The van der Waals surface area contributed by atoms with Crippen molar-refractivity contribution in [3.63, 3.8) is 0 Å². The number of anilines is 1. The molecule has 10 heteroatoms. The van der Waals surface area contributed by atoms with Gasteiger partial charge in [-0.3, -0.25) is 4.79 Å². The number of tetrazole rings is 1. The van der Waals surface area contributed by atoms with Crippen molar-refractivity contribution < 1.29 is 9.53 Å². The Morgan fingerprint density at radius 2 is 2.14 bits per heavy atom. The van der Waals surface area contributed by atoms with Crippen LogP contribution in [0.25, 0.3) is 15.9 Å². The van der Waals surface area contributed by atoms with Crippen LogP contribution >= 0.6 is 23.1 Å². The van der Waals surface area contributed by atoms with Gasteiger partial charge in [-0.05, 0) is 54.1 Å². The van der Waals surface area contributed by atoms with Gasteiger partial charge in [-0.1, -0.05) is 41.3 Å². The van der Waals surface area contributed by atoms with E-state index in [2.05, 4.69) is 31.9 Å². The Morgan fingerprint density at radius 1 is 1.28 bits per heavy atom. The van der Waals surface area contributed by atoms with Crippen molar-refractivity contribution in [1.29, 1.82) is 0 Å². The summed E-state index contributed by atoms with van der Waals surface area (Å²) < 4.78 is 8.26. The minimum Gasteiger partial charge on any atom is -0.492 e. The first-order valence-electron chi connectivity index (χ1n) is 8.94. The third-order valence-corrected chi connectivity index (χ3v) is 5.81. The lowest BCUT2D eigenvalue weighted by atomic mass is 10.2. The number of thiazole rings is 1. The molecule has 1 N–H and O–H groups in total. The van der Waals surface area contributed by atoms with Crippen LogP contribution in [-0.2, 0) is 4.79 Å². The minimum absolute atomic E-state index is 0.159. The van der Waals surface area contributed by atoms with Crippen molar-refractivity contribution in [1.82, 2.24) is 25.2 Å². The van der Waals surface area contributed by atoms with E-state index >= 15 is 0 Å². The van der Waals surface area contributed by atoms with Gasteiger partial charge in [0.25, 0.3) is 0 Å². The highest BCUT2D eigenvalue weighted by molar-refractivity contribution is 7.99. The Kier molecular flexibility index (Phi) is 5.72. The quantitative estimate of drug-likeness (QED) is 0.450. The first-order chi connectivity index (χ1) is 14.1. The molecule has 2 aromatic heterocycles. The fourth-order valence-corrected chi connectivity index (χ4v) is 4.36. The molecular weight excluding hydrogens is 408 g/mol. The minimum atomic E-state index is -0.168. The Balaban J connectivity index is 1.44. The van der Waals surface area contributed by atoms with Crippen LogP contribution in [0.2, 0.25) is 0 Å². The van der Waals surface area contributed by atoms with Gasteiger partial charge in [0, 0.05) is 0 Å². The van der Waals surface area contributed by atoms with E-state index < -0.39 is 0 Å². The standard InChI is InChI=1S/C19H18N6O2S2/c1-3-27-15-7-5-4-6-14(15)25-19(22-23-24-25)28-11-17(26)21-18-20-13-9-8-12(2)10-16(13)29-18/h4-10H,3,11H2,1-2H3,(H,20,21,26). The van der Waals surface area contributed by atoms with Crippen molar-refractivity contribution in [3.8, 4) is 11.4 Å². The van der Waals surface area contributed by atoms with Gasteiger partial charge in [0.2, 0.25) is 11.1 Å². The number of amides is 1. The van der Waals surface area contributed by atoms with Crippen molar-refractivity contribution in [2.45, 2.75) is 19.0 Å². The summed E-state index contributed by atoms with van der Waals surface area (Å²) in [7, 11) is 0. The van der Waals surface area contributed by atoms with Crippen molar-refractivity contribution in [2.75, 3.05) is 17.7 Å². The van der Waals surface area contributed by atoms with Gasteiger partial charge in [-0.15, -0.1) is 5.10 Å². The molecule has 0 atom stereocenters. The maximum atomic E-state index is 12.4. The highest BCUT2D eigenvalue weighted by Crippen LogP contribution is 2.28. The molecule has 0 aliphatic heterocycles. The van der Waals surface area contributed by atoms with Gasteiger partial charge in [-0.25, -0.2) is 4.98 Å². The van der Waals surface area contributed by atoms with Gasteiger partial charge in [0.1, 0.15) is 11.4 Å². The summed E-state index contributed by atoms with van der Waals surface area (Å²) in [5, 5.41) is 15.8. The largest absolute Gasteiger partial charge is 0.492 e. The number of ether oxygens (including phenoxy) is 1. The number of benzene rings is 2. The van der Waals surface area contributed by atoms with Crippen LogP contribution in [0, 0.1) is 6.92 Å². The molecule has 4 rings (SSSR count). The van der Waals surface area contributed by atoms with Crippen LogP contribution in [0.3, 0.4) is 0 Å². The van der Waals surface area contributed by atoms with Gasteiger partial charge in [0.05, 0.1) is 22.6 Å². The molecule has 0 aliphatic carbocycles. The number of nitrogens with one attached hydrogen (secondary N) is 1. The zero-order chi connectivity index (χ0) is 20.2. The van der Waals surface area contributed by atoms with E-state index in [-0.39, 0.29) is 11.7 Å². The monoisotopic (exact) mass is 426 g/mol. The van der Waals surface area contributed by atoms with Crippen molar-refractivity contribution >= 4 is 44.4 Å². The molecule has 1 amide bonds. The number of hydrogen-bond donors (Lipinski definition) is 1. The fourth-order valence-electron chi connectivity index (χ4n) is 2.70. The molecular formula is C19H18N6O2S2. The van der Waals surface area contributed by atoms with E-state index in [0.29, 0.717) is 22.6 Å². The number of rotatable bonds is 7. The van der Waals surface area contributed by atoms with Crippen LogP contribution in [-0.4, -0.2) is 43.5 Å². The third kappa shape index (κ3) is 4.38. The van der Waals surface area contributed by atoms with Crippen molar-refractivity contribution in [2.24, 2.45) is 0 Å². The Hall–Kier alpha value is -2.98. The molecule has 2 heterocycles. The molecule has 148 valence electrons. The van der Waals surface area contributed by atoms with Crippen LogP contribution in [0.15, 0.2) is 47.6 Å². The fraction of sp³-hybridized carbons (Fsp3) is 0.211. The van der Waals surface area contributed by atoms with E-state index in [0.717, 1.165) is 21.5 Å². The lowest BCUT2D eigenvalue weighted by Gasteiger charge is -2.10. The van der Waals surface area contributed by atoms with Gasteiger partial charge in [-0.2, -0.15) is 4.68 Å². The molecule has 4 aromatic rings. The molecule has 0 radical (unpaired) electrons. The lowest BCUT2D eigenvalue weighted by molar-refractivity contribution is -0.113. The van der Waals surface area contributed by atoms with Crippen LogP contribution in [0.1, 0.15) is 12.5 Å². The number of nitrogens with zero attached hydrogens (tertiary/aromatic N) is 5. The number of thioether (sulfide) groups is 1. The van der Waals surface area contributed by atoms with E-state index in [1.54, 1.807) is 4.68 Å². The summed E-state index contributed by atoms with van der Waals surface area (Å²) in [6.45, 7) is 4.48. The highest BCUT2D eigenvalue weighted by Gasteiger charge is 2.15.